The van der Waals surface area contributed by atoms with Crippen LogP contribution in [-0.4, -0.2) is 30.9 Å². The van der Waals surface area contributed by atoms with Crippen LogP contribution in [0.2, 0.25) is 0 Å². The van der Waals surface area contributed by atoms with Gasteiger partial charge in [-0.1, -0.05) is 24.3 Å². The number of rotatable bonds is 9. The van der Waals surface area contributed by atoms with E-state index in [2.05, 4.69) is 10.6 Å². The summed E-state index contributed by atoms with van der Waals surface area (Å²) in [5.74, 6) is -0.912. The molecule has 2 aromatic carbocycles. The Bertz CT molecular complexity index is 839. The zero-order valence-electron chi connectivity index (χ0n) is 15.7. The molecule has 2 N–H and O–H groups in total. The van der Waals surface area contributed by atoms with Crippen LogP contribution in [-0.2, 0) is 16.0 Å². The third-order valence-corrected chi connectivity index (χ3v) is 3.90. The Morgan fingerprint density at radius 2 is 1.75 bits per heavy atom. The monoisotopic (exact) mass is 386 g/mol. The molecule has 2 amide bonds. The van der Waals surface area contributed by atoms with Crippen molar-refractivity contribution in [3.05, 3.63) is 65.5 Å². The van der Waals surface area contributed by atoms with Crippen molar-refractivity contribution in [2.75, 3.05) is 13.1 Å². The van der Waals surface area contributed by atoms with Crippen LogP contribution < -0.4 is 15.4 Å². The molecule has 2 rings (SSSR count). The van der Waals surface area contributed by atoms with Crippen molar-refractivity contribution in [1.29, 1.82) is 0 Å². The van der Waals surface area contributed by atoms with E-state index >= 15 is 0 Å². The van der Waals surface area contributed by atoms with Crippen LogP contribution >= 0.6 is 0 Å². The van der Waals surface area contributed by atoms with Gasteiger partial charge in [-0.2, -0.15) is 0 Å². The highest BCUT2D eigenvalue weighted by Crippen LogP contribution is 2.13. The molecule has 0 bridgehead atoms. The molecule has 2 aromatic rings. The number of hydrogen-bond acceptors (Lipinski definition) is 4. The predicted octanol–water partition coefficient (Wildman–Crippen LogP) is 2.62. The Balaban J connectivity index is 1.64. The van der Waals surface area contributed by atoms with E-state index in [1.165, 1.54) is 19.1 Å². The molecule has 0 spiro atoms. The van der Waals surface area contributed by atoms with Gasteiger partial charge in [0.05, 0.1) is 0 Å². The first-order valence-corrected chi connectivity index (χ1v) is 9.02. The Kier molecular flexibility index (Phi) is 8.14. The van der Waals surface area contributed by atoms with Crippen LogP contribution in [0.15, 0.2) is 48.5 Å². The topological polar surface area (TPSA) is 84.5 Å². The number of amides is 2. The highest BCUT2D eigenvalue weighted by molar-refractivity contribution is 5.94. The molecule has 28 heavy (non-hydrogen) atoms. The maximum absolute atomic E-state index is 13.5. The minimum atomic E-state index is -0.455. The summed E-state index contributed by atoms with van der Waals surface area (Å²) in [7, 11) is 0. The third-order valence-electron chi connectivity index (χ3n) is 3.90. The van der Waals surface area contributed by atoms with Gasteiger partial charge in [-0.05, 0) is 42.7 Å². The number of aryl methyl sites for hydroxylation is 1. The number of nitrogens with one attached hydrogen (secondary N) is 2. The lowest BCUT2D eigenvalue weighted by Crippen LogP contribution is -2.30. The van der Waals surface area contributed by atoms with Crippen LogP contribution in [0.3, 0.4) is 0 Å². The molecule has 0 aliphatic heterocycles. The first kappa shape index (κ1) is 21.1. The molecule has 0 aliphatic rings. The molecule has 7 heteroatoms. The predicted molar refractivity (Wildman–Crippen MR) is 102 cm³/mol. The minimum absolute atomic E-state index is 0.163. The standard InChI is InChI=1S/C21H23FN2O4/c1-15(25)28-18-8-4-7-17(14-18)21(27)24-13-5-12-23-20(26)11-10-16-6-2-3-9-19(16)22/h2-4,6-9,14H,5,10-13H2,1H3,(H,23,26)(H,24,27). The average molecular weight is 386 g/mol. The van der Waals surface area contributed by atoms with Gasteiger partial charge in [0.25, 0.3) is 5.91 Å². The van der Waals surface area contributed by atoms with E-state index in [0.29, 0.717) is 42.8 Å². The Labute approximate surface area is 163 Å². The van der Waals surface area contributed by atoms with E-state index in [-0.39, 0.29) is 24.1 Å². The van der Waals surface area contributed by atoms with Crippen molar-refractivity contribution < 1.29 is 23.5 Å². The van der Waals surface area contributed by atoms with Gasteiger partial charge in [0, 0.05) is 32.0 Å². The Hall–Kier alpha value is -3.22. The lowest BCUT2D eigenvalue weighted by molar-refractivity contribution is -0.131. The van der Waals surface area contributed by atoms with Crippen molar-refractivity contribution in [2.24, 2.45) is 0 Å². The SMILES string of the molecule is CC(=O)Oc1cccc(C(=O)NCCCNC(=O)CCc2ccccc2F)c1. The summed E-state index contributed by atoms with van der Waals surface area (Å²) in [5, 5.41) is 5.48. The fraction of sp³-hybridized carbons (Fsp3) is 0.286. The summed E-state index contributed by atoms with van der Waals surface area (Å²) < 4.78 is 18.4. The number of ether oxygens (including phenoxy) is 1. The van der Waals surface area contributed by atoms with Gasteiger partial charge in [-0.25, -0.2) is 4.39 Å². The largest absolute Gasteiger partial charge is 0.427 e. The second-order valence-corrected chi connectivity index (χ2v) is 6.17. The van der Waals surface area contributed by atoms with Crippen molar-refractivity contribution in [2.45, 2.75) is 26.2 Å². The zero-order chi connectivity index (χ0) is 20.4. The first-order chi connectivity index (χ1) is 13.5. The molecule has 0 aromatic heterocycles. The quantitative estimate of drug-likeness (QED) is 0.394. The lowest BCUT2D eigenvalue weighted by Gasteiger charge is -2.08. The van der Waals surface area contributed by atoms with E-state index in [1.54, 1.807) is 36.4 Å². The Morgan fingerprint density at radius 3 is 2.50 bits per heavy atom. The molecule has 0 fully saturated rings. The number of halogens is 1. The number of hydrogen-bond donors (Lipinski definition) is 2. The second kappa shape index (κ2) is 10.8. The molecular formula is C21H23FN2O4. The van der Waals surface area contributed by atoms with Crippen LogP contribution in [0.4, 0.5) is 4.39 Å². The number of benzene rings is 2. The van der Waals surface area contributed by atoms with Gasteiger partial charge in [0.15, 0.2) is 0 Å². The average Bonchev–Trinajstić information content (AvgIpc) is 2.66. The number of esters is 1. The fourth-order valence-electron chi connectivity index (χ4n) is 2.52. The van der Waals surface area contributed by atoms with E-state index in [1.807, 2.05) is 0 Å². The van der Waals surface area contributed by atoms with Crippen LogP contribution in [0.1, 0.15) is 35.7 Å². The fourth-order valence-corrected chi connectivity index (χ4v) is 2.52. The van der Waals surface area contributed by atoms with Crippen LogP contribution in [0, 0.1) is 5.82 Å². The maximum Gasteiger partial charge on any atom is 0.308 e. The molecule has 0 saturated heterocycles. The van der Waals surface area contributed by atoms with Gasteiger partial charge in [0.1, 0.15) is 11.6 Å². The van der Waals surface area contributed by atoms with E-state index in [9.17, 15) is 18.8 Å². The minimum Gasteiger partial charge on any atom is -0.427 e. The van der Waals surface area contributed by atoms with Crippen LogP contribution in [0.5, 0.6) is 5.75 Å². The summed E-state index contributed by atoms with van der Waals surface area (Å²) in [6, 6.07) is 12.7. The first-order valence-electron chi connectivity index (χ1n) is 9.02. The normalized spacial score (nSPS) is 10.2. The molecule has 148 valence electrons. The molecule has 0 radical (unpaired) electrons. The van der Waals surface area contributed by atoms with Crippen molar-refractivity contribution in [3.8, 4) is 5.75 Å². The summed E-state index contributed by atoms with van der Waals surface area (Å²) >= 11 is 0. The number of carbonyl (C=O) groups is 3. The Morgan fingerprint density at radius 1 is 1.00 bits per heavy atom. The van der Waals surface area contributed by atoms with Gasteiger partial charge in [-0.3, -0.25) is 14.4 Å². The lowest BCUT2D eigenvalue weighted by atomic mass is 10.1. The summed E-state index contributed by atoms with van der Waals surface area (Å²) in [5.41, 5.74) is 0.897. The maximum atomic E-state index is 13.5. The highest BCUT2D eigenvalue weighted by Gasteiger charge is 2.08. The smallest absolute Gasteiger partial charge is 0.308 e. The molecule has 0 atom stereocenters. The van der Waals surface area contributed by atoms with Gasteiger partial charge < -0.3 is 15.4 Å². The van der Waals surface area contributed by atoms with Gasteiger partial charge >= 0.3 is 5.97 Å². The van der Waals surface area contributed by atoms with Crippen molar-refractivity contribution in [3.63, 3.8) is 0 Å². The second-order valence-electron chi connectivity index (χ2n) is 6.17. The molecule has 0 unspecified atom stereocenters. The number of carbonyl (C=O) groups excluding carboxylic acids is 3. The van der Waals surface area contributed by atoms with E-state index in [4.69, 9.17) is 4.74 Å². The van der Waals surface area contributed by atoms with Crippen LogP contribution in [0.25, 0.3) is 0 Å². The molecular weight excluding hydrogens is 363 g/mol. The van der Waals surface area contributed by atoms with E-state index in [0.717, 1.165) is 0 Å². The summed E-state index contributed by atoms with van der Waals surface area (Å²) in [6.07, 6.45) is 1.10. The highest BCUT2D eigenvalue weighted by atomic mass is 19.1. The summed E-state index contributed by atoms with van der Waals surface area (Å²) in [4.78, 5) is 34.9. The third kappa shape index (κ3) is 7.19. The van der Waals surface area contributed by atoms with E-state index < -0.39 is 5.97 Å². The van der Waals surface area contributed by atoms with Crippen molar-refractivity contribution >= 4 is 17.8 Å². The molecule has 0 heterocycles. The van der Waals surface area contributed by atoms with Gasteiger partial charge in [0.2, 0.25) is 5.91 Å². The molecule has 0 saturated carbocycles. The zero-order valence-corrected chi connectivity index (χ0v) is 15.7. The summed E-state index contributed by atoms with van der Waals surface area (Å²) in [6.45, 7) is 2.07. The molecule has 6 nitrogen and oxygen atoms in total. The van der Waals surface area contributed by atoms with Crippen molar-refractivity contribution in [1.82, 2.24) is 10.6 Å². The molecule has 0 aliphatic carbocycles. The van der Waals surface area contributed by atoms with Gasteiger partial charge in [-0.15, -0.1) is 0 Å².